The zero-order chi connectivity index (χ0) is 32.9. The molecule has 2 atom stereocenters. The number of alkyl carbamates (subject to hydrolysis) is 1. The molecule has 0 aliphatic rings. The summed E-state index contributed by atoms with van der Waals surface area (Å²) in [5.74, 6) is -0.0752. The quantitative estimate of drug-likeness (QED) is 0.0969. The molecule has 0 fully saturated rings. The van der Waals surface area contributed by atoms with Crippen LogP contribution in [0.1, 0.15) is 110 Å². The van der Waals surface area contributed by atoms with Crippen molar-refractivity contribution in [1.82, 2.24) is 14.5 Å². The SMILES string of the molecule is CCCCCCCCCCCCCCCC(NC(=O)OCCCn1cc(O)n(CC[n+]2ccc(N(C)C)cc2)c1=O)C(C)OC. The minimum Gasteiger partial charge on any atom is -0.493 e. The summed E-state index contributed by atoms with van der Waals surface area (Å²) in [6.07, 6.45) is 23.1. The van der Waals surface area contributed by atoms with E-state index in [2.05, 4.69) is 12.2 Å². The van der Waals surface area contributed by atoms with Gasteiger partial charge in [-0.2, -0.15) is 0 Å². The number of anilines is 1. The first-order valence-electron chi connectivity index (χ1n) is 17.4. The highest BCUT2D eigenvalue weighted by molar-refractivity contribution is 5.67. The number of nitrogens with zero attached hydrogens (tertiary/aromatic N) is 4. The number of ether oxygens (including phenoxy) is 2. The van der Waals surface area contributed by atoms with Crippen molar-refractivity contribution in [3.05, 3.63) is 41.2 Å². The van der Waals surface area contributed by atoms with Crippen molar-refractivity contribution in [2.75, 3.05) is 32.7 Å². The number of pyridine rings is 1. The molecule has 0 saturated carbocycles. The third-order valence-corrected chi connectivity index (χ3v) is 8.63. The number of hydrogen-bond acceptors (Lipinski definition) is 6. The summed E-state index contributed by atoms with van der Waals surface area (Å²) < 4.78 is 15.7. The summed E-state index contributed by atoms with van der Waals surface area (Å²) in [5, 5.41) is 13.3. The lowest BCUT2D eigenvalue weighted by molar-refractivity contribution is -0.698. The van der Waals surface area contributed by atoms with Crippen LogP contribution in [0.25, 0.3) is 0 Å². The number of aryl methyl sites for hydroxylation is 2. The van der Waals surface area contributed by atoms with Crippen LogP contribution in [-0.2, 0) is 29.1 Å². The van der Waals surface area contributed by atoms with Crippen LogP contribution in [0.15, 0.2) is 35.5 Å². The molecule has 10 nitrogen and oxygen atoms in total. The number of nitrogens with one attached hydrogen (secondary N) is 1. The van der Waals surface area contributed by atoms with E-state index >= 15 is 0 Å². The Morgan fingerprint density at radius 1 is 0.933 bits per heavy atom. The number of carbonyl (C=O) groups is 1. The maximum Gasteiger partial charge on any atom is 0.407 e. The minimum absolute atomic E-state index is 0.0752. The second-order valence-corrected chi connectivity index (χ2v) is 12.5. The Kier molecular flexibility index (Phi) is 19.1. The first-order chi connectivity index (χ1) is 21.8. The van der Waals surface area contributed by atoms with Crippen molar-refractivity contribution in [3.8, 4) is 5.88 Å². The standard InChI is InChI=1S/C35H61N5O5/c1-6-7-8-9-10-11-12-13-14-15-16-17-18-20-32(30(2)44-5)36-34(42)45-28-19-23-39-29-33(41)40(35(39)43)27-26-38-24-21-31(22-25-38)37(3)4/h21-22,24-25,29-30,32H,6-20,23,26-28H2,1-5H3,(H-,36,41,42)/p+1. The second-order valence-electron chi connectivity index (χ2n) is 12.5. The maximum absolute atomic E-state index is 12.8. The molecule has 256 valence electrons. The van der Waals surface area contributed by atoms with Crippen LogP contribution in [0.5, 0.6) is 5.88 Å². The molecule has 0 aromatic carbocycles. The fourth-order valence-corrected chi connectivity index (χ4v) is 5.56. The largest absolute Gasteiger partial charge is 0.493 e. The molecule has 2 N–H and O–H groups in total. The maximum atomic E-state index is 12.8. The van der Waals surface area contributed by atoms with Gasteiger partial charge in [0.2, 0.25) is 5.88 Å². The Bertz CT molecular complexity index is 1110. The number of hydrogen-bond donors (Lipinski definition) is 2. The van der Waals surface area contributed by atoms with Crippen LogP contribution >= 0.6 is 0 Å². The third kappa shape index (κ3) is 15.2. The highest BCUT2D eigenvalue weighted by Crippen LogP contribution is 2.15. The first-order valence-corrected chi connectivity index (χ1v) is 17.4. The Morgan fingerprint density at radius 3 is 2.07 bits per heavy atom. The summed E-state index contributed by atoms with van der Waals surface area (Å²) in [6.45, 7) is 5.64. The van der Waals surface area contributed by atoms with E-state index in [1.165, 1.54) is 86.0 Å². The van der Waals surface area contributed by atoms with Gasteiger partial charge in [0.1, 0.15) is 0 Å². The molecule has 2 heterocycles. The molecule has 0 radical (unpaired) electrons. The van der Waals surface area contributed by atoms with Gasteiger partial charge in [0.05, 0.1) is 31.5 Å². The molecule has 0 aliphatic heterocycles. The van der Waals surface area contributed by atoms with E-state index in [1.54, 1.807) is 7.11 Å². The predicted molar refractivity (Wildman–Crippen MR) is 181 cm³/mol. The number of amides is 1. The number of methoxy groups -OCH3 is 1. The van der Waals surface area contributed by atoms with E-state index in [1.807, 2.05) is 55.0 Å². The lowest BCUT2D eigenvalue weighted by Crippen LogP contribution is -2.43. The highest BCUT2D eigenvalue weighted by Gasteiger charge is 2.20. The van der Waals surface area contributed by atoms with Crippen LogP contribution in [0.2, 0.25) is 0 Å². The second kappa shape index (κ2) is 22.5. The molecule has 1 amide bonds. The molecule has 2 unspecified atom stereocenters. The molecule has 2 rings (SSSR count). The molecule has 45 heavy (non-hydrogen) atoms. The fourth-order valence-electron chi connectivity index (χ4n) is 5.56. The number of rotatable bonds is 25. The number of imidazole rings is 1. The lowest BCUT2D eigenvalue weighted by atomic mass is 10.0. The summed E-state index contributed by atoms with van der Waals surface area (Å²) >= 11 is 0. The van der Waals surface area contributed by atoms with E-state index in [0.29, 0.717) is 26.1 Å². The number of carbonyl (C=O) groups excluding carboxylic acids is 1. The average molecular weight is 633 g/mol. The predicted octanol–water partition coefficient (Wildman–Crippen LogP) is 6.41. The normalized spacial score (nSPS) is 12.6. The Labute approximate surface area is 271 Å². The molecule has 10 heteroatoms. The fraction of sp³-hybridized carbons (Fsp3) is 0.743. The topological polar surface area (TPSA) is 102 Å². The molecule has 0 saturated heterocycles. The highest BCUT2D eigenvalue weighted by atomic mass is 16.5. The zero-order valence-corrected chi connectivity index (χ0v) is 28.8. The van der Waals surface area contributed by atoms with E-state index in [9.17, 15) is 14.7 Å². The number of aromatic nitrogens is 3. The summed E-state index contributed by atoms with van der Waals surface area (Å²) in [6, 6.07) is 3.89. The first kappa shape index (κ1) is 38.2. The van der Waals surface area contributed by atoms with Gasteiger partial charge in [-0.3, -0.25) is 9.13 Å². The van der Waals surface area contributed by atoms with Crippen molar-refractivity contribution in [3.63, 3.8) is 0 Å². The van der Waals surface area contributed by atoms with Crippen LogP contribution in [0.3, 0.4) is 0 Å². The summed E-state index contributed by atoms with van der Waals surface area (Å²) in [5.41, 5.74) is 0.807. The molecule has 0 bridgehead atoms. The van der Waals surface area contributed by atoms with Gasteiger partial charge in [0.25, 0.3) is 0 Å². The lowest BCUT2D eigenvalue weighted by Gasteiger charge is -2.24. The van der Waals surface area contributed by atoms with E-state index in [0.717, 1.165) is 24.9 Å². The summed E-state index contributed by atoms with van der Waals surface area (Å²) in [4.78, 5) is 27.4. The van der Waals surface area contributed by atoms with Crippen molar-refractivity contribution < 1.29 is 23.9 Å². The van der Waals surface area contributed by atoms with Crippen molar-refractivity contribution in [1.29, 1.82) is 0 Å². The summed E-state index contributed by atoms with van der Waals surface area (Å²) in [7, 11) is 5.63. The van der Waals surface area contributed by atoms with Crippen LogP contribution in [0, 0.1) is 0 Å². The minimum atomic E-state index is -0.469. The van der Waals surface area contributed by atoms with Gasteiger partial charge >= 0.3 is 11.8 Å². The van der Waals surface area contributed by atoms with Gasteiger partial charge in [-0.1, -0.05) is 90.4 Å². The average Bonchev–Trinajstić information content (AvgIpc) is 3.30. The van der Waals surface area contributed by atoms with Crippen molar-refractivity contribution in [2.24, 2.45) is 0 Å². The molecule has 0 aliphatic carbocycles. The van der Waals surface area contributed by atoms with Crippen molar-refractivity contribution >= 4 is 11.8 Å². The monoisotopic (exact) mass is 632 g/mol. The number of aromatic hydroxyl groups is 1. The molecule has 2 aromatic heterocycles. The van der Waals surface area contributed by atoms with Crippen LogP contribution in [-0.4, -0.2) is 60.3 Å². The van der Waals surface area contributed by atoms with E-state index < -0.39 is 6.09 Å². The molecular weight excluding hydrogens is 570 g/mol. The molecular formula is C35H62N5O5+. The Balaban J connectivity index is 1.63. The van der Waals surface area contributed by atoms with Gasteiger partial charge in [0, 0.05) is 45.6 Å². The van der Waals surface area contributed by atoms with Crippen molar-refractivity contribution in [2.45, 2.75) is 142 Å². The van der Waals surface area contributed by atoms with Gasteiger partial charge in [-0.05, 0) is 19.8 Å². The van der Waals surface area contributed by atoms with E-state index in [-0.39, 0.29) is 30.3 Å². The van der Waals surface area contributed by atoms with E-state index in [4.69, 9.17) is 9.47 Å². The zero-order valence-electron chi connectivity index (χ0n) is 28.8. The number of unbranched alkanes of at least 4 members (excludes halogenated alkanes) is 12. The molecule has 0 spiro atoms. The van der Waals surface area contributed by atoms with Gasteiger partial charge < -0.3 is 24.8 Å². The van der Waals surface area contributed by atoms with Crippen LogP contribution in [0.4, 0.5) is 10.5 Å². The van der Waals surface area contributed by atoms with Gasteiger partial charge in [-0.15, -0.1) is 0 Å². The van der Waals surface area contributed by atoms with Gasteiger partial charge in [0.15, 0.2) is 18.9 Å². The third-order valence-electron chi connectivity index (χ3n) is 8.63. The van der Waals surface area contributed by atoms with Gasteiger partial charge in [-0.25, -0.2) is 14.2 Å². The Hall–Kier alpha value is -3.01. The van der Waals surface area contributed by atoms with Crippen LogP contribution < -0.4 is 20.5 Å². The smallest absolute Gasteiger partial charge is 0.407 e. The Morgan fingerprint density at radius 2 is 1.51 bits per heavy atom. The molecule has 2 aromatic rings.